The number of imidazole rings is 1. The van der Waals surface area contributed by atoms with Crippen LogP contribution < -0.4 is 15.4 Å². The standard InChI is InChI=1S/C22H26N4O2/c1-16-13-23-12-11-18(16)25-22(27)14-26-20-10-6-5-9-19(20)24-21(26)15-28-17-7-3-2-4-8-17/h2-10,16,18,23H,11-15H2,1H3,(H,25,27). The Balaban J connectivity index is 1.52. The van der Waals surface area contributed by atoms with E-state index in [1.807, 2.05) is 59.2 Å². The fraction of sp³-hybridized carbons (Fsp3) is 0.364. The second-order valence-corrected chi connectivity index (χ2v) is 7.35. The number of nitrogens with one attached hydrogen (secondary N) is 2. The van der Waals surface area contributed by atoms with Crippen molar-refractivity contribution in [3.63, 3.8) is 0 Å². The Morgan fingerprint density at radius 1 is 1.21 bits per heavy atom. The molecule has 2 N–H and O–H groups in total. The van der Waals surface area contributed by atoms with Crippen LogP contribution >= 0.6 is 0 Å². The summed E-state index contributed by atoms with van der Waals surface area (Å²) in [7, 11) is 0. The van der Waals surface area contributed by atoms with Crippen molar-refractivity contribution < 1.29 is 9.53 Å². The van der Waals surface area contributed by atoms with Gasteiger partial charge in [0.15, 0.2) is 0 Å². The van der Waals surface area contributed by atoms with Crippen molar-refractivity contribution in [2.24, 2.45) is 5.92 Å². The van der Waals surface area contributed by atoms with Crippen molar-refractivity contribution in [1.82, 2.24) is 20.2 Å². The maximum atomic E-state index is 12.8. The van der Waals surface area contributed by atoms with Gasteiger partial charge < -0.3 is 19.9 Å². The van der Waals surface area contributed by atoms with Crippen molar-refractivity contribution in [1.29, 1.82) is 0 Å². The molecule has 3 aromatic rings. The van der Waals surface area contributed by atoms with E-state index in [1.165, 1.54) is 0 Å². The van der Waals surface area contributed by atoms with E-state index in [9.17, 15) is 4.79 Å². The summed E-state index contributed by atoms with van der Waals surface area (Å²) in [4.78, 5) is 17.5. The molecule has 1 amide bonds. The van der Waals surface area contributed by atoms with Crippen LogP contribution in [0.25, 0.3) is 11.0 Å². The minimum absolute atomic E-state index is 0.0165. The second kappa shape index (κ2) is 8.44. The summed E-state index contributed by atoms with van der Waals surface area (Å²) in [6, 6.07) is 17.8. The largest absolute Gasteiger partial charge is 0.486 e. The van der Waals surface area contributed by atoms with Gasteiger partial charge in [-0.05, 0) is 49.7 Å². The first-order valence-electron chi connectivity index (χ1n) is 9.83. The molecule has 2 atom stereocenters. The summed E-state index contributed by atoms with van der Waals surface area (Å²) in [5.74, 6) is 1.98. The third kappa shape index (κ3) is 4.17. The lowest BCUT2D eigenvalue weighted by molar-refractivity contribution is -0.122. The highest BCUT2D eigenvalue weighted by atomic mass is 16.5. The first-order chi connectivity index (χ1) is 13.7. The molecular weight excluding hydrogens is 352 g/mol. The molecule has 2 heterocycles. The van der Waals surface area contributed by atoms with Gasteiger partial charge in [0, 0.05) is 6.04 Å². The molecule has 146 valence electrons. The minimum atomic E-state index is 0.0165. The van der Waals surface area contributed by atoms with Crippen molar-refractivity contribution in [2.75, 3.05) is 13.1 Å². The predicted molar refractivity (Wildman–Crippen MR) is 109 cm³/mol. The average Bonchev–Trinajstić information content (AvgIpc) is 3.06. The Labute approximate surface area is 164 Å². The molecule has 2 aromatic carbocycles. The smallest absolute Gasteiger partial charge is 0.240 e. The number of nitrogens with zero attached hydrogens (tertiary/aromatic N) is 2. The van der Waals surface area contributed by atoms with E-state index >= 15 is 0 Å². The third-order valence-electron chi connectivity index (χ3n) is 5.28. The number of carbonyl (C=O) groups excluding carboxylic acids is 1. The molecule has 0 bridgehead atoms. The monoisotopic (exact) mass is 378 g/mol. The van der Waals surface area contributed by atoms with E-state index in [-0.39, 0.29) is 18.5 Å². The second-order valence-electron chi connectivity index (χ2n) is 7.35. The van der Waals surface area contributed by atoms with Crippen LogP contribution in [0.15, 0.2) is 54.6 Å². The van der Waals surface area contributed by atoms with Crippen LogP contribution in [0.2, 0.25) is 0 Å². The van der Waals surface area contributed by atoms with E-state index in [0.717, 1.165) is 42.1 Å². The zero-order chi connectivity index (χ0) is 19.3. The lowest BCUT2D eigenvalue weighted by Gasteiger charge is -2.30. The van der Waals surface area contributed by atoms with Gasteiger partial charge in [0.25, 0.3) is 0 Å². The molecular formula is C22H26N4O2. The van der Waals surface area contributed by atoms with Crippen molar-refractivity contribution in [3.05, 3.63) is 60.4 Å². The Morgan fingerprint density at radius 3 is 2.82 bits per heavy atom. The van der Waals surface area contributed by atoms with Crippen LogP contribution in [-0.4, -0.2) is 34.6 Å². The molecule has 1 aromatic heterocycles. The van der Waals surface area contributed by atoms with Crippen molar-refractivity contribution in [2.45, 2.75) is 32.5 Å². The molecule has 1 saturated heterocycles. The average molecular weight is 378 g/mol. The molecule has 6 heteroatoms. The number of amides is 1. The molecule has 6 nitrogen and oxygen atoms in total. The van der Waals surface area contributed by atoms with Crippen LogP contribution in [0.1, 0.15) is 19.2 Å². The first kappa shape index (κ1) is 18.5. The molecule has 0 radical (unpaired) electrons. The summed E-state index contributed by atoms with van der Waals surface area (Å²) in [6.45, 7) is 4.61. The number of aromatic nitrogens is 2. The van der Waals surface area contributed by atoms with Gasteiger partial charge in [-0.1, -0.05) is 37.3 Å². The molecule has 0 aliphatic carbocycles. The Morgan fingerprint density at radius 2 is 2.00 bits per heavy atom. The van der Waals surface area contributed by atoms with Crippen LogP contribution in [-0.2, 0) is 17.9 Å². The molecule has 1 fully saturated rings. The van der Waals surface area contributed by atoms with Gasteiger partial charge in [0.2, 0.25) is 5.91 Å². The maximum absolute atomic E-state index is 12.8. The number of para-hydroxylation sites is 3. The molecule has 0 saturated carbocycles. The number of fused-ring (bicyclic) bond motifs is 1. The normalized spacial score (nSPS) is 19.5. The van der Waals surface area contributed by atoms with Crippen LogP contribution in [0.5, 0.6) is 5.75 Å². The highest BCUT2D eigenvalue weighted by Crippen LogP contribution is 2.19. The predicted octanol–water partition coefficient (Wildman–Crippen LogP) is 2.73. The van der Waals surface area contributed by atoms with E-state index in [0.29, 0.717) is 12.5 Å². The number of carbonyl (C=O) groups is 1. The quantitative estimate of drug-likeness (QED) is 0.692. The number of hydrogen-bond donors (Lipinski definition) is 2. The van der Waals surface area contributed by atoms with E-state index in [1.54, 1.807) is 0 Å². The third-order valence-corrected chi connectivity index (χ3v) is 5.28. The van der Waals surface area contributed by atoms with E-state index in [4.69, 9.17) is 9.72 Å². The highest BCUT2D eigenvalue weighted by Gasteiger charge is 2.23. The summed E-state index contributed by atoms with van der Waals surface area (Å²) in [5, 5.41) is 6.57. The summed E-state index contributed by atoms with van der Waals surface area (Å²) in [5.41, 5.74) is 1.82. The van der Waals surface area contributed by atoms with E-state index < -0.39 is 0 Å². The van der Waals surface area contributed by atoms with Gasteiger partial charge in [0.05, 0.1) is 11.0 Å². The minimum Gasteiger partial charge on any atom is -0.486 e. The number of ether oxygens (including phenoxy) is 1. The van der Waals surface area contributed by atoms with Gasteiger partial charge in [-0.25, -0.2) is 4.98 Å². The fourth-order valence-electron chi connectivity index (χ4n) is 3.70. The van der Waals surface area contributed by atoms with E-state index in [2.05, 4.69) is 17.6 Å². The number of rotatable bonds is 6. The topological polar surface area (TPSA) is 68.2 Å². The molecule has 2 unspecified atom stereocenters. The summed E-state index contributed by atoms with van der Waals surface area (Å²) < 4.78 is 7.85. The molecule has 28 heavy (non-hydrogen) atoms. The van der Waals surface area contributed by atoms with Crippen molar-refractivity contribution >= 4 is 16.9 Å². The fourth-order valence-corrected chi connectivity index (χ4v) is 3.70. The summed E-state index contributed by atoms with van der Waals surface area (Å²) in [6.07, 6.45) is 0.960. The molecule has 1 aliphatic rings. The van der Waals surface area contributed by atoms with Gasteiger partial charge >= 0.3 is 0 Å². The Kier molecular flexibility index (Phi) is 5.58. The first-order valence-corrected chi connectivity index (χ1v) is 9.83. The van der Waals surface area contributed by atoms with Crippen LogP contribution in [0.3, 0.4) is 0 Å². The SMILES string of the molecule is CC1CNCCC1NC(=O)Cn1c(COc2ccccc2)nc2ccccc21. The lowest BCUT2D eigenvalue weighted by Crippen LogP contribution is -2.49. The molecule has 4 rings (SSSR count). The van der Waals surface area contributed by atoms with Gasteiger partial charge in [-0.2, -0.15) is 0 Å². The highest BCUT2D eigenvalue weighted by molar-refractivity contribution is 5.81. The van der Waals surface area contributed by atoms with Crippen molar-refractivity contribution in [3.8, 4) is 5.75 Å². The zero-order valence-corrected chi connectivity index (χ0v) is 16.1. The van der Waals surface area contributed by atoms with Gasteiger partial charge in [-0.3, -0.25) is 4.79 Å². The Bertz CT molecular complexity index is 938. The lowest BCUT2D eigenvalue weighted by atomic mass is 9.95. The molecule has 1 aliphatic heterocycles. The van der Waals surface area contributed by atoms with Crippen LogP contribution in [0.4, 0.5) is 0 Å². The number of piperidine rings is 1. The number of benzene rings is 2. The van der Waals surface area contributed by atoms with Gasteiger partial charge in [0.1, 0.15) is 24.7 Å². The maximum Gasteiger partial charge on any atom is 0.240 e. The van der Waals surface area contributed by atoms with Crippen LogP contribution in [0, 0.1) is 5.92 Å². The number of hydrogen-bond acceptors (Lipinski definition) is 4. The van der Waals surface area contributed by atoms with Gasteiger partial charge in [-0.15, -0.1) is 0 Å². The Hall–Kier alpha value is -2.86. The zero-order valence-electron chi connectivity index (χ0n) is 16.1. The molecule has 0 spiro atoms. The summed E-state index contributed by atoms with van der Waals surface area (Å²) >= 11 is 0.